The van der Waals surface area contributed by atoms with Crippen LogP contribution >= 0.6 is 11.3 Å². The van der Waals surface area contributed by atoms with Crippen LogP contribution in [0.5, 0.6) is 0 Å². The first-order valence-electron chi connectivity index (χ1n) is 7.70. The van der Waals surface area contributed by atoms with Crippen LogP contribution in [0.3, 0.4) is 0 Å². The molecule has 0 aliphatic rings. The number of ether oxygens (including phenoxy) is 1. The van der Waals surface area contributed by atoms with E-state index in [1.165, 1.54) is 11.3 Å². The Balaban J connectivity index is 1.72. The molecule has 1 heterocycles. The number of benzene rings is 2. The second kappa shape index (κ2) is 7.90. The Bertz CT molecular complexity index is 771. The van der Waals surface area contributed by atoms with Crippen LogP contribution < -0.4 is 5.32 Å². The van der Waals surface area contributed by atoms with Crippen molar-refractivity contribution in [3.63, 3.8) is 0 Å². The number of amides is 2. The molecule has 0 saturated heterocycles. The molecule has 0 aliphatic heterocycles. The van der Waals surface area contributed by atoms with E-state index in [1.807, 2.05) is 54.6 Å². The average Bonchev–Trinajstić information content (AvgIpc) is 3.01. The van der Waals surface area contributed by atoms with E-state index in [1.54, 1.807) is 12.0 Å². The van der Waals surface area contributed by atoms with Gasteiger partial charge in [-0.1, -0.05) is 53.8 Å². The van der Waals surface area contributed by atoms with Gasteiger partial charge in [0.1, 0.15) is 0 Å². The Morgan fingerprint density at radius 1 is 1.17 bits per heavy atom. The monoisotopic (exact) mass is 341 g/mol. The van der Waals surface area contributed by atoms with Gasteiger partial charge in [-0.05, 0) is 17.7 Å². The molecule has 0 saturated carbocycles. The van der Waals surface area contributed by atoms with Gasteiger partial charge in [-0.25, -0.2) is 9.78 Å². The largest absolute Gasteiger partial charge is 0.383 e. The SMILES string of the molecule is COCCN(Cc1ccccc1)C(=O)Nc1nc2ccccc2s1. The van der Waals surface area contributed by atoms with Gasteiger partial charge in [0.2, 0.25) is 0 Å². The number of hydrogen-bond donors (Lipinski definition) is 1. The van der Waals surface area contributed by atoms with Crippen molar-refractivity contribution in [3.8, 4) is 0 Å². The van der Waals surface area contributed by atoms with E-state index in [9.17, 15) is 4.79 Å². The number of hydrogen-bond acceptors (Lipinski definition) is 4. The molecule has 124 valence electrons. The Morgan fingerprint density at radius 2 is 1.92 bits per heavy atom. The molecular weight excluding hydrogens is 322 g/mol. The summed E-state index contributed by atoms with van der Waals surface area (Å²) in [5.74, 6) is 0. The van der Waals surface area contributed by atoms with E-state index in [2.05, 4.69) is 10.3 Å². The van der Waals surface area contributed by atoms with Crippen molar-refractivity contribution in [2.75, 3.05) is 25.6 Å². The number of urea groups is 1. The molecule has 6 heteroatoms. The number of aromatic nitrogens is 1. The molecule has 1 N–H and O–H groups in total. The topological polar surface area (TPSA) is 54.5 Å². The summed E-state index contributed by atoms with van der Waals surface area (Å²) in [5.41, 5.74) is 1.97. The zero-order chi connectivity index (χ0) is 16.8. The van der Waals surface area contributed by atoms with E-state index in [-0.39, 0.29) is 6.03 Å². The molecule has 0 radical (unpaired) electrons. The molecular formula is C18H19N3O2S. The molecule has 3 rings (SSSR count). The molecule has 0 spiro atoms. The third kappa shape index (κ3) is 4.10. The fourth-order valence-corrected chi connectivity index (χ4v) is 3.21. The lowest BCUT2D eigenvalue weighted by Gasteiger charge is -2.22. The number of nitrogens with zero attached hydrogens (tertiary/aromatic N) is 2. The maximum absolute atomic E-state index is 12.6. The number of nitrogens with one attached hydrogen (secondary N) is 1. The first-order chi connectivity index (χ1) is 11.8. The lowest BCUT2D eigenvalue weighted by atomic mass is 10.2. The minimum absolute atomic E-state index is 0.171. The highest BCUT2D eigenvalue weighted by atomic mass is 32.1. The first kappa shape index (κ1) is 16.4. The van der Waals surface area contributed by atoms with Gasteiger partial charge in [0.25, 0.3) is 0 Å². The summed E-state index contributed by atoms with van der Waals surface area (Å²) in [6, 6.07) is 17.6. The highest BCUT2D eigenvalue weighted by Crippen LogP contribution is 2.25. The van der Waals surface area contributed by atoms with E-state index < -0.39 is 0 Å². The average molecular weight is 341 g/mol. The Labute approximate surface area is 144 Å². The Morgan fingerprint density at radius 3 is 2.67 bits per heavy atom. The van der Waals surface area contributed by atoms with Crippen molar-refractivity contribution < 1.29 is 9.53 Å². The van der Waals surface area contributed by atoms with Crippen LogP contribution in [0.1, 0.15) is 5.56 Å². The number of fused-ring (bicyclic) bond motifs is 1. The van der Waals surface area contributed by atoms with Crippen molar-refractivity contribution in [2.24, 2.45) is 0 Å². The quantitative estimate of drug-likeness (QED) is 0.738. The fraction of sp³-hybridized carbons (Fsp3) is 0.222. The van der Waals surface area contributed by atoms with Gasteiger partial charge in [0.15, 0.2) is 5.13 Å². The van der Waals surface area contributed by atoms with Gasteiger partial charge in [0.05, 0.1) is 16.8 Å². The molecule has 0 bridgehead atoms. The number of thiazole rings is 1. The first-order valence-corrected chi connectivity index (χ1v) is 8.52. The third-order valence-electron chi connectivity index (χ3n) is 3.58. The molecule has 24 heavy (non-hydrogen) atoms. The van der Waals surface area contributed by atoms with Gasteiger partial charge in [-0.3, -0.25) is 5.32 Å². The summed E-state index contributed by atoms with van der Waals surface area (Å²) in [4.78, 5) is 18.8. The zero-order valence-electron chi connectivity index (χ0n) is 13.4. The van der Waals surface area contributed by atoms with Crippen LogP contribution in [0.2, 0.25) is 0 Å². The number of rotatable bonds is 6. The summed E-state index contributed by atoms with van der Waals surface area (Å²) in [5, 5.41) is 3.51. The smallest absolute Gasteiger partial charge is 0.324 e. The highest BCUT2D eigenvalue weighted by molar-refractivity contribution is 7.22. The van der Waals surface area contributed by atoms with E-state index >= 15 is 0 Å². The maximum atomic E-state index is 12.6. The van der Waals surface area contributed by atoms with Crippen molar-refractivity contribution in [1.29, 1.82) is 0 Å². The number of carbonyl (C=O) groups is 1. The summed E-state index contributed by atoms with van der Waals surface area (Å²) in [7, 11) is 1.63. The standard InChI is InChI=1S/C18H19N3O2S/c1-23-12-11-21(13-14-7-3-2-4-8-14)18(22)20-17-19-15-9-5-6-10-16(15)24-17/h2-10H,11-13H2,1H3,(H,19,20,22). The number of anilines is 1. The van der Waals surface area contributed by atoms with Gasteiger partial charge in [0, 0.05) is 20.2 Å². The van der Waals surface area contributed by atoms with Gasteiger partial charge >= 0.3 is 6.03 Å². The molecule has 5 nitrogen and oxygen atoms in total. The van der Waals surface area contributed by atoms with Crippen molar-refractivity contribution in [2.45, 2.75) is 6.54 Å². The Kier molecular flexibility index (Phi) is 5.40. The predicted octanol–water partition coefficient (Wildman–Crippen LogP) is 3.98. The van der Waals surface area contributed by atoms with Crippen LogP contribution in [0, 0.1) is 0 Å². The van der Waals surface area contributed by atoms with Crippen LogP contribution in [0.15, 0.2) is 54.6 Å². The van der Waals surface area contributed by atoms with E-state index in [0.29, 0.717) is 24.8 Å². The summed E-state index contributed by atoms with van der Waals surface area (Å²) < 4.78 is 6.18. The minimum Gasteiger partial charge on any atom is -0.383 e. The van der Waals surface area contributed by atoms with Gasteiger partial charge in [-0.2, -0.15) is 0 Å². The zero-order valence-corrected chi connectivity index (χ0v) is 14.3. The van der Waals surface area contributed by atoms with Gasteiger partial charge < -0.3 is 9.64 Å². The van der Waals surface area contributed by atoms with Crippen molar-refractivity contribution >= 4 is 32.7 Å². The van der Waals surface area contributed by atoms with Crippen LogP contribution in [-0.4, -0.2) is 36.2 Å². The normalized spacial score (nSPS) is 10.7. The third-order valence-corrected chi connectivity index (χ3v) is 4.53. The molecule has 2 aromatic carbocycles. The van der Waals surface area contributed by atoms with E-state index in [0.717, 1.165) is 15.8 Å². The van der Waals surface area contributed by atoms with Crippen molar-refractivity contribution in [3.05, 3.63) is 60.2 Å². The van der Waals surface area contributed by atoms with Crippen LogP contribution in [-0.2, 0) is 11.3 Å². The fourth-order valence-electron chi connectivity index (χ4n) is 2.35. The number of carbonyl (C=O) groups excluding carboxylic acids is 1. The predicted molar refractivity (Wildman–Crippen MR) is 97.4 cm³/mol. The van der Waals surface area contributed by atoms with Crippen molar-refractivity contribution in [1.82, 2.24) is 9.88 Å². The lowest BCUT2D eigenvalue weighted by Crippen LogP contribution is -2.36. The van der Waals surface area contributed by atoms with Crippen LogP contribution in [0.25, 0.3) is 10.2 Å². The maximum Gasteiger partial charge on any atom is 0.324 e. The summed E-state index contributed by atoms with van der Waals surface area (Å²) in [6.45, 7) is 1.53. The molecule has 1 aromatic heterocycles. The van der Waals surface area contributed by atoms with E-state index in [4.69, 9.17) is 4.74 Å². The second-order valence-corrected chi connectivity index (χ2v) is 6.35. The van der Waals surface area contributed by atoms with Crippen LogP contribution in [0.4, 0.5) is 9.93 Å². The molecule has 2 amide bonds. The highest BCUT2D eigenvalue weighted by Gasteiger charge is 2.15. The molecule has 0 fully saturated rings. The molecule has 0 aliphatic carbocycles. The molecule has 3 aromatic rings. The number of para-hydroxylation sites is 1. The summed E-state index contributed by atoms with van der Waals surface area (Å²) >= 11 is 1.47. The Hall–Kier alpha value is -2.44. The lowest BCUT2D eigenvalue weighted by molar-refractivity contribution is 0.153. The van der Waals surface area contributed by atoms with Gasteiger partial charge in [-0.15, -0.1) is 0 Å². The minimum atomic E-state index is -0.171. The summed E-state index contributed by atoms with van der Waals surface area (Å²) in [6.07, 6.45) is 0. The molecule has 0 unspecified atom stereocenters. The number of methoxy groups -OCH3 is 1. The second-order valence-electron chi connectivity index (χ2n) is 5.32. The molecule has 0 atom stereocenters.